The number of hydrogen-bond donors (Lipinski definition) is 1. The van der Waals surface area contributed by atoms with Crippen molar-refractivity contribution in [2.75, 3.05) is 13.2 Å². The largest absolute Gasteiger partial charge is 0.481 e. The van der Waals surface area contributed by atoms with Crippen LogP contribution in [-0.2, 0) is 35.1 Å². The van der Waals surface area contributed by atoms with Crippen LogP contribution in [-0.4, -0.2) is 42.2 Å². The van der Waals surface area contributed by atoms with Gasteiger partial charge in [-0.2, -0.15) is 0 Å². The molecule has 0 atom stereocenters. The second-order valence-electron chi connectivity index (χ2n) is 7.43. The summed E-state index contributed by atoms with van der Waals surface area (Å²) in [5.41, 5.74) is 0.728. The molecule has 8 heteroatoms. The molecule has 0 aliphatic heterocycles. The summed E-state index contributed by atoms with van der Waals surface area (Å²) in [6, 6.07) is 6.63. The van der Waals surface area contributed by atoms with Crippen molar-refractivity contribution in [1.82, 2.24) is 0 Å². The number of carbonyl (C=O) groups excluding carboxylic acids is 3. The van der Waals surface area contributed by atoms with E-state index in [2.05, 4.69) is 6.58 Å². The molecule has 0 heterocycles. The Morgan fingerprint density at radius 1 is 0.935 bits per heavy atom. The van der Waals surface area contributed by atoms with E-state index in [0.29, 0.717) is 44.3 Å². The van der Waals surface area contributed by atoms with Gasteiger partial charge in [0, 0.05) is 6.08 Å². The molecule has 0 bridgehead atoms. The quantitative estimate of drug-likeness (QED) is 0.245. The Morgan fingerprint density at radius 2 is 1.52 bits per heavy atom. The minimum absolute atomic E-state index is 0.0961. The lowest BCUT2D eigenvalue weighted by atomic mass is 9.82. The lowest BCUT2D eigenvalue weighted by molar-refractivity contribution is -0.146. The molecule has 2 rings (SSSR count). The van der Waals surface area contributed by atoms with E-state index >= 15 is 0 Å². The first-order valence-electron chi connectivity index (χ1n) is 10.4. The number of hydrogen-bond acceptors (Lipinski definition) is 7. The highest BCUT2D eigenvalue weighted by atomic mass is 16.5. The average molecular weight is 432 g/mol. The molecule has 1 fully saturated rings. The fourth-order valence-corrected chi connectivity index (χ4v) is 3.29. The Bertz CT molecular complexity index is 775. The second-order valence-corrected chi connectivity index (χ2v) is 7.43. The Labute approximate surface area is 181 Å². The SMILES string of the molecule is C=CC(=O)OCCCCOC(=O)Cc1ccc(OC(=O)[C@H]2CC[C@H](C(=O)O)CC2)cc1. The van der Waals surface area contributed by atoms with Crippen LogP contribution in [0, 0.1) is 11.8 Å². The van der Waals surface area contributed by atoms with E-state index in [1.54, 1.807) is 24.3 Å². The van der Waals surface area contributed by atoms with Crippen LogP contribution < -0.4 is 4.74 Å². The van der Waals surface area contributed by atoms with Gasteiger partial charge in [0.15, 0.2) is 0 Å². The number of esters is 3. The molecule has 0 amide bonds. The predicted molar refractivity (Wildman–Crippen MR) is 110 cm³/mol. The van der Waals surface area contributed by atoms with Crippen LogP contribution in [0.3, 0.4) is 0 Å². The number of unbranched alkanes of at least 4 members (excludes halogenated alkanes) is 1. The Morgan fingerprint density at radius 3 is 2.10 bits per heavy atom. The van der Waals surface area contributed by atoms with Crippen molar-refractivity contribution < 1.29 is 38.5 Å². The van der Waals surface area contributed by atoms with Gasteiger partial charge >= 0.3 is 23.9 Å². The third-order valence-electron chi connectivity index (χ3n) is 5.11. The van der Waals surface area contributed by atoms with E-state index in [9.17, 15) is 19.2 Å². The van der Waals surface area contributed by atoms with Gasteiger partial charge in [-0.05, 0) is 56.2 Å². The number of ether oxygens (including phenoxy) is 3. The van der Waals surface area contributed by atoms with Gasteiger partial charge in [0.05, 0.1) is 31.5 Å². The zero-order valence-electron chi connectivity index (χ0n) is 17.4. The molecule has 1 aliphatic carbocycles. The Hall–Kier alpha value is -3.16. The third kappa shape index (κ3) is 8.62. The van der Waals surface area contributed by atoms with Gasteiger partial charge in [-0.15, -0.1) is 0 Å². The second kappa shape index (κ2) is 12.5. The van der Waals surface area contributed by atoms with Crippen molar-refractivity contribution in [3.8, 4) is 5.75 Å². The predicted octanol–water partition coefficient (Wildman–Crippen LogP) is 3.08. The van der Waals surface area contributed by atoms with Crippen molar-refractivity contribution in [3.05, 3.63) is 42.5 Å². The first-order valence-corrected chi connectivity index (χ1v) is 10.4. The maximum atomic E-state index is 12.3. The summed E-state index contributed by atoms with van der Waals surface area (Å²) in [6.07, 6.45) is 4.35. The minimum Gasteiger partial charge on any atom is -0.481 e. The summed E-state index contributed by atoms with van der Waals surface area (Å²) in [5.74, 6) is -2.29. The molecule has 168 valence electrons. The molecule has 0 unspecified atom stereocenters. The number of aliphatic carboxylic acids is 1. The highest BCUT2D eigenvalue weighted by Gasteiger charge is 2.30. The van der Waals surface area contributed by atoms with Gasteiger partial charge in [0.25, 0.3) is 0 Å². The molecular weight excluding hydrogens is 404 g/mol. The molecule has 0 saturated heterocycles. The average Bonchev–Trinajstić information content (AvgIpc) is 2.77. The summed E-state index contributed by atoms with van der Waals surface area (Å²) < 4.78 is 15.4. The van der Waals surface area contributed by atoms with Crippen LogP contribution >= 0.6 is 0 Å². The number of carbonyl (C=O) groups is 4. The fraction of sp³-hybridized carbons (Fsp3) is 0.478. The molecule has 0 spiro atoms. The van der Waals surface area contributed by atoms with Gasteiger partial charge in [-0.25, -0.2) is 4.79 Å². The number of benzene rings is 1. The molecule has 1 saturated carbocycles. The van der Waals surface area contributed by atoms with Gasteiger partial charge in [-0.1, -0.05) is 18.7 Å². The van der Waals surface area contributed by atoms with Crippen molar-refractivity contribution in [1.29, 1.82) is 0 Å². The van der Waals surface area contributed by atoms with E-state index in [-0.39, 0.29) is 43.4 Å². The third-order valence-corrected chi connectivity index (χ3v) is 5.11. The molecule has 1 aromatic carbocycles. The molecule has 0 aromatic heterocycles. The zero-order chi connectivity index (χ0) is 22.6. The van der Waals surface area contributed by atoms with Crippen LogP contribution in [0.25, 0.3) is 0 Å². The Kier molecular flexibility index (Phi) is 9.74. The first kappa shape index (κ1) is 24.1. The lowest BCUT2D eigenvalue weighted by Crippen LogP contribution is -2.28. The molecular formula is C23H28O8. The van der Waals surface area contributed by atoms with Crippen molar-refractivity contribution >= 4 is 23.9 Å². The smallest absolute Gasteiger partial charge is 0.330 e. The highest BCUT2D eigenvalue weighted by molar-refractivity contribution is 5.81. The maximum absolute atomic E-state index is 12.3. The minimum atomic E-state index is -0.810. The molecule has 1 aliphatic rings. The van der Waals surface area contributed by atoms with E-state index in [0.717, 1.165) is 11.6 Å². The molecule has 31 heavy (non-hydrogen) atoms. The first-order chi connectivity index (χ1) is 14.9. The van der Waals surface area contributed by atoms with Crippen LogP contribution in [0.5, 0.6) is 5.75 Å². The van der Waals surface area contributed by atoms with Crippen LogP contribution in [0.2, 0.25) is 0 Å². The number of carboxylic acids is 1. The van der Waals surface area contributed by atoms with Crippen molar-refractivity contribution in [2.45, 2.75) is 44.9 Å². The van der Waals surface area contributed by atoms with Crippen LogP contribution in [0.4, 0.5) is 0 Å². The fourth-order valence-electron chi connectivity index (χ4n) is 3.29. The van der Waals surface area contributed by atoms with E-state index in [4.69, 9.17) is 19.3 Å². The molecule has 0 radical (unpaired) electrons. The number of rotatable bonds is 11. The topological polar surface area (TPSA) is 116 Å². The van der Waals surface area contributed by atoms with Crippen molar-refractivity contribution in [2.24, 2.45) is 11.8 Å². The molecule has 8 nitrogen and oxygen atoms in total. The van der Waals surface area contributed by atoms with Gasteiger partial charge < -0.3 is 19.3 Å². The van der Waals surface area contributed by atoms with Crippen molar-refractivity contribution in [3.63, 3.8) is 0 Å². The summed E-state index contributed by atoms with van der Waals surface area (Å²) in [7, 11) is 0. The normalized spacial score (nSPS) is 17.9. The standard InChI is InChI=1S/C23H28O8/c1-2-20(24)29-13-3-4-14-30-21(25)15-16-5-11-19(12-6-16)31-23(28)18-9-7-17(8-10-18)22(26)27/h2,5-6,11-12,17-18H,1,3-4,7-10,13-15H2,(H,26,27)/t17-,18-. The van der Waals surface area contributed by atoms with E-state index in [1.807, 2.05) is 0 Å². The summed E-state index contributed by atoms with van der Waals surface area (Å²) in [6.45, 7) is 3.79. The number of carboxylic acid groups (broad SMARTS) is 1. The van der Waals surface area contributed by atoms with Gasteiger partial charge in [0.1, 0.15) is 5.75 Å². The van der Waals surface area contributed by atoms with Crippen LogP contribution in [0.15, 0.2) is 36.9 Å². The van der Waals surface area contributed by atoms with E-state index < -0.39 is 11.9 Å². The Balaban J connectivity index is 1.66. The van der Waals surface area contributed by atoms with Gasteiger partial charge in [-0.3, -0.25) is 14.4 Å². The molecule has 1 N–H and O–H groups in total. The van der Waals surface area contributed by atoms with E-state index in [1.165, 1.54) is 0 Å². The summed E-state index contributed by atoms with van der Waals surface area (Å²) in [5, 5.41) is 9.03. The lowest BCUT2D eigenvalue weighted by Gasteiger charge is -2.24. The zero-order valence-corrected chi connectivity index (χ0v) is 17.4. The summed E-state index contributed by atoms with van der Waals surface area (Å²) in [4.78, 5) is 46.0. The maximum Gasteiger partial charge on any atom is 0.330 e. The highest BCUT2D eigenvalue weighted by Crippen LogP contribution is 2.30. The monoisotopic (exact) mass is 432 g/mol. The summed E-state index contributed by atoms with van der Waals surface area (Å²) >= 11 is 0. The van der Waals surface area contributed by atoms with Crippen LogP contribution in [0.1, 0.15) is 44.1 Å². The molecule has 1 aromatic rings. The van der Waals surface area contributed by atoms with Gasteiger partial charge in [0.2, 0.25) is 0 Å².